The highest BCUT2D eigenvalue weighted by Gasteiger charge is 2.26. The third-order valence-electron chi connectivity index (χ3n) is 2.40. The standard InChI is InChI=1S/C10H11NO2/c1-11-8-5-3-2-4-7(8)9(12)6-10(11)13/h2-5,10,13H,6H2,1H3. The summed E-state index contributed by atoms with van der Waals surface area (Å²) >= 11 is 0. The molecule has 0 aromatic heterocycles. The summed E-state index contributed by atoms with van der Waals surface area (Å²) in [6.45, 7) is 0. The number of rotatable bonds is 0. The minimum absolute atomic E-state index is 0.0150. The van der Waals surface area contributed by atoms with Crippen LogP contribution in [0, 0.1) is 0 Å². The number of Topliss-reactive ketones (excluding diaryl/α,β-unsaturated/α-hetero) is 1. The number of hydrogen-bond acceptors (Lipinski definition) is 3. The summed E-state index contributed by atoms with van der Waals surface area (Å²) in [5.41, 5.74) is 1.52. The lowest BCUT2D eigenvalue weighted by molar-refractivity contribution is 0.0859. The second-order valence-electron chi connectivity index (χ2n) is 3.24. The van der Waals surface area contributed by atoms with E-state index in [0.29, 0.717) is 5.56 Å². The van der Waals surface area contributed by atoms with Crippen LogP contribution in [0.5, 0.6) is 0 Å². The molecule has 1 unspecified atom stereocenters. The number of aliphatic hydroxyl groups excluding tert-OH is 1. The van der Waals surface area contributed by atoms with Gasteiger partial charge in [0, 0.05) is 18.3 Å². The molecule has 2 rings (SSSR count). The molecule has 0 bridgehead atoms. The van der Waals surface area contributed by atoms with Crippen LogP contribution in [0.25, 0.3) is 0 Å². The summed E-state index contributed by atoms with van der Waals surface area (Å²) in [6, 6.07) is 7.33. The summed E-state index contributed by atoms with van der Waals surface area (Å²) in [6.07, 6.45) is -0.490. The van der Waals surface area contributed by atoms with Gasteiger partial charge in [-0.2, -0.15) is 0 Å². The zero-order valence-corrected chi connectivity index (χ0v) is 7.40. The van der Waals surface area contributed by atoms with Gasteiger partial charge in [0.2, 0.25) is 0 Å². The Bertz CT molecular complexity index is 349. The number of benzene rings is 1. The van der Waals surface area contributed by atoms with E-state index in [-0.39, 0.29) is 12.2 Å². The Morgan fingerprint density at radius 3 is 2.92 bits per heavy atom. The molecule has 1 heterocycles. The van der Waals surface area contributed by atoms with Gasteiger partial charge in [-0.3, -0.25) is 4.79 Å². The number of anilines is 1. The number of hydrogen-bond donors (Lipinski definition) is 1. The molecular weight excluding hydrogens is 166 g/mol. The Balaban J connectivity index is 2.53. The molecule has 1 aliphatic rings. The first-order valence-corrected chi connectivity index (χ1v) is 4.23. The van der Waals surface area contributed by atoms with Gasteiger partial charge in [-0.1, -0.05) is 12.1 Å². The molecule has 1 aromatic carbocycles. The van der Waals surface area contributed by atoms with Crippen molar-refractivity contribution in [3.8, 4) is 0 Å². The van der Waals surface area contributed by atoms with Crippen molar-refractivity contribution in [3.05, 3.63) is 29.8 Å². The molecule has 0 amide bonds. The molecule has 68 valence electrons. The zero-order chi connectivity index (χ0) is 9.42. The molecule has 13 heavy (non-hydrogen) atoms. The average Bonchev–Trinajstić information content (AvgIpc) is 2.15. The molecule has 1 atom stereocenters. The largest absolute Gasteiger partial charge is 0.373 e. The molecule has 3 nitrogen and oxygen atoms in total. The number of para-hydroxylation sites is 1. The van der Waals surface area contributed by atoms with Gasteiger partial charge < -0.3 is 10.0 Å². The molecular formula is C10H11NO2. The van der Waals surface area contributed by atoms with E-state index in [1.165, 1.54) is 0 Å². The van der Waals surface area contributed by atoms with Gasteiger partial charge >= 0.3 is 0 Å². The third-order valence-corrected chi connectivity index (χ3v) is 2.40. The van der Waals surface area contributed by atoms with E-state index in [4.69, 9.17) is 0 Å². The van der Waals surface area contributed by atoms with E-state index < -0.39 is 6.23 Å². The van der Waals surface area contributed by atoms with E-state index in [1.54, 1.807) is 18.0 Å². The van der Waals surface area contributed by atoms with Crippen molar-refractivity contribution in [1.82, 2.24) is 0 Å². The maximum Gasteiger partial charge on any atom is 0.169 e. The number of carbonyl (C=O) groups is 1. The summed E-state index contributed by atoms with van der Waals surface area (Å²) in [4.78, 5) is 13.2. The Hall–Kier alpha value is -1.35. The van der Waals surface area contributed by atoms with E-state index in [9.17, 15) is 9.90 Å². The van der Waals surface area contributed by atoms with Crippen LogP contribution >= 0.6 is 0 Å². The van der Waals surface area contributed by atoms with Crippen LogP contribution in [0.15, 0.2) is 24.3 Å². The van der Waals surface area contributed by atoms with Gasteiger partial charge in [0.1, 0.15) is 6.23 Å². The Morgan fingerprint density at radius 2 is 2.15 bits per heavy atom. The van der Waals surface area contributed by atoms with Crippen LogP contribution in [0.2, 0.25) is 0 Å². The first kappa shape index (κ1) is 8.26. The lowest BCUT2D eigenvalue weighted by Crippen LogP contribution is -2.38. The molecule has 1 aliphatic heterocycles. The maximum atomic E-state index is 11.5. The first-order valence-electron chi connectivity index (χ1n) is 4.23. The fourth-order valence-corrected chi connectivity index (χ4v) is 1.59. The minimum Gasteiger partial charge on any atom is -0.373 e. The highest BCUT2D eigenvalue weighted by Crippen LogP contribution is 2.27. The Labute approximate surface area is 76.6 Å². The van der Waals surface area contributed by atoms with E-state index in [1.807, 2.05) is 18.2 Å². The van der Waals surface area contributed by atoms with Gasteiger partial charge in [-0.15, -0.1) is 0 Å². The first-order chi connectivity index (χ1) is 6.20. The highest BCUT2D eigenvalue weighted by molar-refractivity contribution is 6.03. The second kappa shape index (κ2) is 2.85. The molecule has 3 heteroatoms. The second-order valence-corrected chi connectivity index (χ2v) is 3.24. The van der Waals surface area contributed by atoms with Gasteiger partial charge in [0.25, 0.3) is 0 Å². The number of nitrogens with zero attached hydrogens (tertiary/aromatic N) is 1. The predicted octanol–water partition coefficient (Wildman–Crippen LogP) is 1.03. The third kappa shape index (κ3) is 1.21. The number of carbonyl (C=O) groups excluding carboxylic acids is 1. The number of fused-ring (bicyclic) bond motifs is 1. The lowest BCUT2D eigenvalue weighted by Gasteiger charge is -2.31. The van der Waals surface area contributed by atoms with Crippen molar-refractivity contribution >= 4 is 11.5 Å². The smallest absolute Gasteiger partial charge is 0.169 e. The predicted molar refractivity (Wildman–Crippen MR) is 49.8 cm³/mol. The highest BCUT2D eigenvalue weighted by atomic mass is 16.3. The van der Waals surface area contributed by atoms with Crippen LogP contribution in [0.3, 0.4) is 0 Å². The van der Waals surface area contributed by atoms with Gasteiger partial charge in [-0.25, -0.2) is 0 Å². The van der Waals surface area contributed by atoms with E-state index in [0.717, 1.165) is 5.69 Å². The van der Waals surface area contributed by atoms with Crippen LogP contribution in [-0.4, -0.2) is 24.2 Å². The quantitative estimate of drug-likeness (QED) is 0.643. The summed E-state index contributed by atoms with van der Waals surface area (Å²) in [5.74, 6) is 0.0150. The molecule has 0 fully saturated rings. The molecule has 1 aromatic rings. The van der Waals surface area contributed by atoms with Crippen molar-refractivity contribution < 1.29 is 9.90 Å². The Morgan fingerprint density at radius 1 is 1.46 bits per heavy atom. The summed E-state index contributed by atoms with van der Waals surface area (Å²) in [7, 11) is 1.79. The lowest BCUT2D eigenvalue weighted by atomic mass is 10.00. The number of ketones is 1. The van der Waals surface area contributed by atoms with Crippen molar-refractivity contribution in [2.45, 2.75) is 12.6 Å². The van der Waals surface area contributed by atoms with Crippen LogP contribution in [0.4, 0.5) is 5.69 Å². The van der Waals surface area contributed by atoms with Gasteiger partial charge in [-0.05, 0) is 12.1 Å². The molecule has 0 saturated carbocycles. The maximum absolute atomic E-state index is 11.5. The van der Waals surface area contributed by atoms with Crippen molar-refractivity contribution in [3.63, 3.8) is 0 Å². The Kier molecular flexibility index (Phi) is 1.81. The monoisotopic (exact) mass is 177 g/mol. The topological polar surface area (TPSA) is 40.5 Å². The van der Waals surface area contributed by atoms with Crippen molar-refractivity contribution in [2.75, 3.05) is 11.9 Å². The van der Waals surface area contributed by atoms with Crippen LogP contribution in [0.1, 0.15) is 16.8 Å². The molecule has 0 aliphatic carbocycles. The molecule has 0 saturated heterocycles. The normalized spacial score (nSPS) is 21.5. The fourth-order valence-electron chi connectivity index (χ4n) is 1.59. The van der Waals surface area contributed by atoms with Gasteiger partial charge in [0.15, 0.2) is 5.78 Å². The van der Waals surface area contributed by atoms with Gasteiger partial charge in [0.05, 0.1) is 6.42 Å². The van der Waals surface area contributed by atoms with E-state index >= 15 is 0 Å². The minimum atomic E-state index is -0.678. The molecule has 1 N–H and O–H groups in total. The summed E-state index contributed by atoms with van der Waals surface area (Å²) < 4.78 is 0. The molecule has 0 radical (unpaired) electrons. The SMILES string of the molecule is CN1c2ccccc2C(=O)CC1O. The van der Waals surface area contributed by atoms with Crippen molar-refractivity contribution in [2.24, 2.45) is 0 Å². The number of aliphatic hydroxyl groups is 1. The van der Waals surface area contributed by atoms with Crippen LogP contribution in [-0.2, 0) is 0 Å². The summed E-state index contributed by atoms with van der Waals surface area (Å²) in [5, 5.41) is 9.50. The average molecular weight is 177 g/mol. The van der Waals surface area contributed by atoms with E-state index in [2.05, 4.69) is 0 Å². The van der Waals surface area contributed by atoms with Crippen molar-refractivity contribution in [1.29, 1.82) is 0 Å². The molecule has 0 spiro atoms. The fraction of sp³-hybridized carbons (Fsp3) is 0.300. The van der Waals surface area contributed by atoms with Crippen LogP contribution < -0.4 is 4.90 Å². The zero-order valence-electron chi connectivity index (χ0n) is 7.40.